The van der Waals surface area contributed by atoms with Gasteiger partial charge in [-0.3, -0.25) is 9.69 Å². The van der Waals surface area contributed by atoms with Crippen molar-refractivity contribution in [2.45, 2.75) is 6.17 Å². The fraction of sp³-hybridized carbons (Fsp3) is 0.174. The van der Waals surface area contributed by atoms with E-state index in [0.29, 0.717) is 21.8 Å². The van der Waals surface area contributed by atoms with Crippen LogP contribution in [0.1, 0.15) is 22.1 Å². The highest BCUT2D eigenvalue weighted by Gasteiger charge is 2.39. The van der Waals surface area contributed by atoms with Gasteiger partial charge in [0.25, 0.3) is 5.91 Å². The SMILES string of the molecule is COc1cc(C2N(C)c3ccccc3C(=O)N2c2ccccc2Cl)cc(OC)c1O. The number of phenolic OH excluding ortho intramolecular Hbond substituents is 1. The van der Waals surface area contributed by atoms with Crippen LogP contribution in [0, 0.1) is 0 Å². The van der Waals surface area contributed by atoms with E-state index >= 15 is 0 Å². The molecule has 0 spiro atoms. The van der Waals surface area contributed by atoms with Crippen molar-refractivity contribution in [3.8, 4) is 17.2 Å². The number of carbonyl (C=O) groups excluding carboxylic acids is 1. The third-order valence-electron chi connectivity index (χ3n) is 5.26. The molecular weight excluding hydrogens is 404 g/mol. The molecule has 1 N–H and O–H groups in total. The zero-order chi connectivity index (χ0) is 21.4. The molecule has 1 aliphatic rings. The summed E-state index contributed by atoms with van der Waals surface area (Å²) in [5.74, 6) is 0.234. The first-order chi connectivity index (χ1) is 14.5. The number of halogens is 1. The molecule has 3 aromatic rings. The van der Waals surface area contributed by atoms with E-state index in [1.165, 1.54) is 14.2 Å². The second-order valence-electron chi connectivity index (χ2n) is 6.90. The predicted molar refractivity (Wildman–Crippen MR) is 117 cm³/mol. The summed E-state index contributed by atoms with van der Waals surface area (Å²) in [5.41, 5.74) is 2.66. The third kappa shape index (κ3) is 3.09. The van der Waals surface area contributed by atoms with E-state index in [-0.39, 0.29) is 23.2 Å². The first kappa shape index (κ1) is 19.9. The van der Waals surface area contributed by atoms with Crippen molar-refractivity contribution >= 4 is 28.9 Å². The zero-order valence-electron chi connectivity index (χ0n) is 16.8. The second-order valence-corrected chi connectivity index (χ2v) is 7.31. The second kappa shape index (κ2) is 7.80. The van der Waals surface area contributed by atoms with Gasteiger partial charge in [-0.1, -0.05) is 35.9 Å². The molecule has 1 heterocycles. The van der Waals surface area contributed by atoms with Crippen LogP contribution in [0.5, 0.6) is 17.2 Å². The van der Waals surface area contributed by atoms with Crippen molar-refractivity contribution in [3.63, 3.8) is 0 Å². The predicted octanol–water partition coefficient (Wildman–Crippen LogP) is 4.86. The van der Waals surface area contributed by atoms with E-state index in [1.54, 1.807) is 29.2 Å². The summed E-state index contributed by atoms with van der Waals surface area (Å²) < 4.78 is 10.7. The van der Waals surface area contributed by atoms with Crippen LogP contribution >= 0.6 is 11.6 Å². The number of anilines is 2. The minimum Gasteiger partial charge on any atom is -0.502 e. The Kier molecular flexibility index (Phi) is 5.18. The fourth-order valence-corrected chi connectivity index (χ4v) is 4.06. The van der Waals surface area contributed by atoms with Crippen molar-refractivity contribution in [2.75, 3.05) is 31.1 Å². The zero-order valence-corrected chi connectivity index (χ0v) is 17.6. The van der Waals surface area contributed by atoms with E-state index in [1.807, 2.05) is 48.3 Å². The molecule has 4 rings (SSSR count). The van der Waals surface area contributed by atoms with Crippen molar-refractivity contribution < 1.29 is 19.4 Å². The van der Waals surface area contributed by atoms with Gasteiger partial charge in [0.05, 0.1) is 36.2 Å². The minimum absolute atomic E-state index is 0.0989. The Labute approximate surface area is 179 Å². The molecule has 1 amide bonds. The molecule has 0 saturated heterocycles. The van der Waals surface area contributed by atoms with Gasteiger partial charge in [0.1, 0.15) is 6.17 Å². The molecule has 0 saturated carbocycles. The normalized spacial score (nSPS) is 15.7. The molecule has 154 valence electrons. The molecule has 0 fully saturated rings. The molecule has 3 aromatic carbocycles. The third-order valence-corrected chi connectivity index (χ3v) is 5.58. The number of para-hydroxylation sites is 2. The number of rotatable bonds is 4. The Bertz CT molecular complexity index is 1090. The molecule has 30 heavy (non-hydrogen) atoms. The number of nitrogens with zero attached hydrogens (tertiary/aromatic N) is 2. The number of benzene rings is 3. The Morgan fingerprint density at radius 1 is 0.933 bits per heavy atom. The summed E-state index contributed by atoms with van der Waals surface area (Å²) in [5, 5.41) is 10.8. The van der Waals surface area contributed by atoms with Crippen LogP contribution in [0.2, 0.25) is 5.02 Å². The lowest BCUT2D eigenvalue weighted by atomic mass is 10.00. The Morgan fingerprint density at radius 3 is 2.10 bits per heavy atom. The highest BCUT2D eigenvalue weighted by atomic mass is 35.5. The van der Waals surface area contributed by atoms with Gasteiger partial charge in [-0.2, -0.15) is 0 Å². The van der Waals surface area contributed by atoms with Crippen molar-refractivity contribution in [2.24, 2.45) is 0 Å². The Hall–Kier alpha value is -3.38. The summed E-state index contributed by atoms with van der Waals surface area (Å²) in [6.07, 6.45) is -0.546. The maximum Gasteiger partial charge on any atom is 0.262 e. The van der Waals surface area contributed by atoms with Gasteiger partial charge in [-0.25, -0.2) is 0 Å². The number of methoxy groups -OCH3 is 2. The number of carbonyl (C=O) groups is 1. The van der Waals surface area contributed by atoms with Gasteiger partial charge in [-0.15, -0.1) is 0 Å². The van der Waals surface area contributed by atoms with Crippen LogP contribution in [-0.2, 0) is 0 Å². The molecule has 1 unspecified atom stereocenters. The Balaban J connectivity index is 1.98. The number of aromatic hydroxyl groups is 1. The van der Waals surface area contributed by atoms with E-state index in [4.69, 9.17) is 21.1 Å². The molecule has 0 aliphatic carbocycles. The summed E-state index contributed by atoms with van der Waals surface area (Å²) in [6, 6.07) is 18.0. The average Bonchev–Trinajstić information content (AvgIpc) is 2.77. The largest absolute Gasteiger partial charge is 0.502 e. The lowest BCUT2D eigenvalue weighted by Gasteiger charge is -2.44. The van der Waals surface area contributed by atoms with Crippen LogP contribution in [0.15, 0.2) is 60.7 Å². The van der Waals surface area contributed by atoms with Crippen LogP contribution in [0.25, 0.3) is 0 Å². The van der Waals surface area contributed by atoms with Gasteiger partial charge < -0.3 is 19.5 Å². The first-order valence-electron chi connectivity index (χ1n) is 9.32. The number of hydrogen-bond acceptors (Lipinski definition) is 5. The van der Waals surface area contributed by atoms with Crippen LogP contribution < -0.4 is 19.3 Å². The minimum atomic E-state index is -0.546. The summed E-state index contributed by atoms with van der Waals surface area (Å²) in [7, 11) is 4.84. The van der Waals surface area contributed by atoms with Crippen molar-refractivity contribution in [1.29, 1.82) is 0 Å². The highest BCUT2D eigenvalue weighted by Crippen LogP contribution is 2.46. The topological polar surface area (TPSA) is 62.2 Å². The molecule has 1 atom stereocenters. The van der Waals surface area contributed by atoms with E-state index in [2.05, 4.69) is 0 Å². The van der Waals surface area contributed by atoms with Crippen LogP contribution in [-0.4, -0.2) is 32.3 Å². The smallest absolute Gasteiger partial charge is 0.262 e. The molecule has 7 heteroatoms. The molecule has 0 aromatic heterocycles. The molecule has 6 nitrogen and oxygen atoms in total. The number of phenols is 1. The first-order valence-corrected chi connectivity index (χ1v) is 9.70. The lowest BCUT2D eigenvalue weighted by Crippen LogP contribution is -2.48. The van der Waals surface area contributed by atoms with Crippen molar-refractivity contribution in [1.82, 2.24) is 0 Å². The van der Waals surface area contributed by atoms with Crippen LogP contribution in [0.4, 0.5) is 11.4 Å². The number of ether oxygens (including phenoxy) is 2. The fourth-order valence-electron chi connectivity index (χ4n) is 3.83. The van der Waals surface area contributed by atoms with Gasteiger partial charge in [0.15, 0.2) is 11.5 Å². The number of amides is 1. The molecular formula is C23H21ClN2O4. The summed E-state index contributed by atoms with van der Waals surface area (Å²) >= 11 is 6.49. The number of fused-ring (bicyclic) bond motifs is 1. The van der Waals surface area contributed by atoms with Gasteiger partial charge in [0, 0.05) is 12.6 Å². The molecule has 1 aliphatic heterocycles. The lowest BCUT2D eigenvalue weighted by molar-refractivity contribution is 0.0969. The standard InChI is InChI=1S/C23H21ClN2O4/c1-25-17-10-6-4-8-15(17)23(28)26(18-11-7-5-9-16(18)24)22(25)14-12-19(29-2)21(27)20(13-14)30-3/h4-13,22,27H,1-3H3. The maximum atomic E-state index is 13.6. The van der Waals surface area contributed by atoms with E-state index < -0.39 is 6.17 Å². The van der Waals surface area contributed by atoms with Crippen LogP contribution in [0.3, 0.4) is 0 Å². The van der Waals surface area contributed by atoms with Gasteiger partial charge >= 0.3 is 0 Å². The monoisotopic (exact) mass is 424 g/mol. The average molecular weight is 425 g/mol. The Morgan fingerprint density at radius 2 is 1.50 bits per heavy atom. The number of hydrogen-bond donors (Lipinski definition) is 1. The maximum absolute atomic E-state index is 13.6. The van der Waals surface area contributed by atoms with Gasteiger partial charge in [-0.05, 0) is 36.4 Å². The van der Waals surface area contributed by atoms with E-state index in [9.17, 15) is 9.90 Å². The molecule has 0 bridgehead atoms. The highest BCUT2D eigenvalue weighted by molar-refractivity contribution is 6.34. The van der Waals surface area contributed by atoms with E-state index in [0.717, 1.165) is 5.69 Å². The van der Waals surface area contributed by atoms with Gasteiger partial charge in [0.2, 0.25) is 5.75 Å². The molecule has 0 radical (unpaired) electrons. The quantitative estimate of drug-likeness (QED) is 0.648. The summed E-state index contributed by atoms with van der Waals surface area (Å²) in [6.45, 7) is 0. The summed E-state index contributed by atoms with van der Waals surface area (Å²) in [4.78, 5) is 17.2. The van der Waals surface area contributed by atoms with Crippen molar-refractivity contribution in [3.05, 3.63) is 76.8 Å².